The Hall–Kier alpha value is 2.19. The van der Waals surface area contributed by atoms with Crippen LogP contribution in [-0.2, 0) is 50.9 Å². The van der Waals surface area contributed by atoms with Crippen LogP contribution in [0, 0.1) is 0 Å². The molecule has 0 saturated heterocycles. The molecule has 0 amide bonds. The van der Waals surface area contributed by atoms with Gasteiger partial charge >= 0.3 is 0 Å². The van der Waals surface area contributed by atoms with Crippen LogP contribution in [0.1, 0.15) is 0 Å². The molecule has 0 aliphatic rings. The fourth-order valence-corrected chi connectivity index (χ4v) is 0. The van der Waals surface area contributed by atoms with Crippen molar-refractivity contribution in [2.75, 3.05) is 0 Å². The van der Waals surface area contributed by atoms with E-state index in [4.69, 9.17) is 0 Å². The summed E-state index contributed by atoms with van der Waals surface area (Å²) in [5, 5.41) is 0. The zero-order chi connectivity index (χ0) is 0. The van der Waals surface area contributed by atoms with E-state index in [1.54, 1.807) is 0 Å². The molecule has 0 N–H and O–H groups in total. The van der Waals surface area contributed by atoms with Crippen LogP contribution in [0.4, 0.5) is 0 Å². The molecule has 0 spiro atoms. The van der Waals surface area contributed by atoms with Crippen molar-refractivity contribution < 1.29 is 50.9 Å². The van der Waals surface area contributed by atoms with Crippen LogP contribution in [0.2, 0.25) is 0 Å². The normalized spacial score (nSPS) is 0. The van der Waals surface area contributed by atoms with Gasteiger partial charge in [-0.3, -0.25) is 0 Å². The molecule has 1 atom stereocenters. The third kappa shape index (κ3) is 22.6. The maximum Gasteiger partial charge on any atom is 0 e. The van der Waals surface area contributed by atoms with Crippen molar-refractivity contribution in [3.63, 3.8) is 0 Å². The van der Waals surface area contributed by atoms with E-state index >= 15 is 0 Å². The Morgan fingerprint density at radius 2 is 1.00 bits per heavy atom. The fraction of sp³-hybridized carbons (Fsp3) is 0. The van der Waals surface area contributed by atoms with Gasteiger partial charge in [0.05, 0.1) is 0 Å². The molecule has 0 fully saturated rings. The minimum absolute atomic E-state index is 0. The molecule has 0 heterocycles. The van der Waals surface area contributed by atoms with Crippen molar-refractivity contribution >= 4 is 20.9 Å². The second kappa shape index (κ2) is 34.7. The third-order valence-electron chi connectivity index (χ3n) is 0. The first-order valence-electron chi connectivity index (χ1n) is 0. The Kier molecular flexibility index (Phi) is 399. The van der Waals surface area contributed by atoms with Gasteiger partial charge < -0.3 is 0 Å². The van der Waals surface area contributed by atoms with Crippen LogP contribution in [0.3, 0.4) is 0 Å². The Bertz CT molecular complexity index is 11.6. The van der Waals surface area contributed by atoms with E-state index < -0.39 is 0 Å². The van der Waals surface area contributed by atoms with Gasteiger partial charge in [-0.25, -0.2) is 0 Å². The molecule has 0 aromatic rings. The topological polar surface area (TPSA) is 0 Å². The van der Waals surface area contributed by atoms with Gasteiger partial charge in [-0.15, -0.1) is 0 Å². The van der Waals surface area contributed by atoms with Crippen LogP contribution in [-0.4, -0.2) is 11.0 Å². The zero-order valence-corrected chi connectivity index (χ0v) is 7.70. The van der Waals surface area contributed by atoms with Gasteiger partial charge in [0.2, 0.25) is 0 Å². The average Bonchev–Trinajstić information content (AvgIpc) is 0. The predicted octanol–water partition coefficient (Wildman–Crippen LogP) is -0.330. The summed E-state index contributed by atoms with van der Waals surface area (Å²) in [6.07, 6.45) is 0. The van der Waals surface area contributed by atoms with Gasteiger partial charge in [-0.2, -0.15) is 9.90 Å². The number of hydrogen-bond donors (Lipinski definition) is 0. The van der Waals surface area contributed by atoms with E-state index in [2.05, 4.69) is 0 Å². The number of rotatable bonds is 0. The van der Waals surface area contributed by atoms with Crippen LogP contribution >= 0.6 is 9.90 Å². The van der Waals surface area contributed by atoms with Gasteiger partial charge in [0.1, 0.15) is 0 Å². The summed E-state index contributed by atoms with van der Waals surface area (Å²) in [6, 6.07) is 0. The van der Waals surface area contributed by atoms with Gasteiger partial charge in [0, 0.05) is 61.9 Å². The molecule has 40 valence electrons. The second-order valence-electron chi connectivity index (χ2n) is 0. The Labute approximate surface area is 71.4 Å². The van der Waals surface area contributed by atoms with Crippen LogP contribution in [0.15, 0.2) is 0 Å². The summed E-state index contributed by atoms with van der Waals surface area (Å²) in [4.78, 5) is 0. The van der Waals surface area contributed by atoms with E-state index in [0.717, 1.165) is 0 Å². The average molecular weight is 240 g/mol. The minimum Gasteiger partial charge on any atom is -0.153 e. The summed E-state index contributed by atoms with van der Waals surface area (Å²) in [7, 11) is 0. The van der Waals surface area contributed by atoms with Gasteiger partial charge in [0.15, 0.2) is 0 Å². The van der Waals surface area contributed by atoms with Crippen molar-refractivity contribution in [1.82, 2.24) is 0 Å². The fourth-order valence-electron chi connectivity index (χ4n) is 0. The molecule has 0 aromatic carbocycles. The second-order valence-corrected chi connectivity index (χ2v) is 0. The molecule has 0 nitrogen and oxygen atoms in total. The van der Waals surface area contributed by atoms with Crippen molar-refractivity contribution in [1.29, 1.82) is 0 Å². The molecule has 5 heteroatoms. The SMILES string of the molecule is P.[Co].[Cu].[Fe].[Si]. The van der Waals surface area contributed by atoms with E-state index in [9.17, 15) is 0 Å². The van der Waals surface area contributed by atoms with E-state index in [1.165, 1.54) is 0 Å². The monoisotopic (exact) mass is 240 g/mol. The Balaban J connectivity index is 0. The molecule has 0 aliphatic heterocycles. The van der Waals surface area contributed by atoms with Gasteiger partial charge in [-0.1, -0.05) is 0 Å². The standard InChI is InChI=1S/Co.Cu.Fe.H3P.Si/h;;;1H3;. The van der Waals surface area contributed by atoms with E-state index in [0.29, 0.717) is 0 Å². The Morgan fingerprint density at radius 1 is 1.00 bits per heavy atom. The third-order valence-corrected chi connectivity index (χ3v) is 0. The predicted molar refractivity (Wildman–Crippen MR) is 16.9 cm³/mol. The summed E-state index contributed by atoms with van der Waals surface area (Å²) < 4.78 is 0. The minimum atomic E-state index is 0. The molecular weight excluding hydrogens is 237 g/mol. The maximum absolute atomic E-state index is 0. The smallest absolute Gasteiger partial charge is 0 e. The van der Waals surface area contributed by atoms with Crippen LogP contribution in [0.25, 0.3) is 0 Å². The summed E-state index contributed by atoms with van der Waals surface area (Å²) >= 11 is 0. The molecular formula is H3CoCuFePSi. The van der Waals surface area contributed by atoms with Crippen molar-refractivity contribution in [2.45, 2.75) is 0 Å². The van der Waals surface area contributed by atoms with Crippen molar-refractivity contribution in [2.24, 2.45) is 0 Å². The summed E-state index contributed by atoms with van der Waals surface area (Å²) in [6.45, 7) is 0. The molecule has 6 radical (unpaired) electrons. The van der Waals surface area contributed by atoms with Crippen molar-refractivity contribution in [3.05, 3.63) is 0 Å². The van der Waals surface area contributed by atoms with Crippen LogP contribution in [0.5, 0.6) is 0 Å². The quantitative estimate of drug-likeness (QED) is 0.402. The van der Waals surface area contributed by atoms with Crippen LogP contribution < -0.4 is 0 Å². The first-order chi connectivity index (χ1) is 0. The van der Waals surface area contributed by atoms with Crippen molar-refractivity contribution in [3.8, 4) is 0 Å². The molecule has 0 bridgehead atoms. The summed E-state index contributed by atoms with van der Waals surface area (Å²) in [5.41, 5.74) is 0. The summed E-state index contributed by atoms with van der Waals surface area (Å²) in [5.74, 6) is 0. The van der Waals surface area contributed by atoms with Gasteiger partial charge in [0.25, 0.3) is 0 Å². The first-order valence-corrected chi connectivity index (χ1v) is 0. The Morgan fingerprint density at radius 3 is 1.00 bits per heavy atom. The molecule has 0 saturated carbocycles. The first kappa shape index (κ1) is 57.4. The van der Waals surface area contributed by atoms with E-state index in [1.807, 2.05) is 0 Å². The molecule has 5 heavy (non-hydrogen) atoms. The number of hydrogen-bond acceptors (Lipinski definition) is 0. The molecule has 0 rings (SSSR count). The van der Waals surface area contributed by atoms with Gasteiger partial charge in [-0.05, 0) is 0 Å². The molecule has 0 aliphatic carbocycles. The maximum atomic E-state index is 0. The zero-order valence-electron chi connectivity index (χ0n) is 2.20. The largest absolute Gasteiger partial charge is 0.153 e. The molecule has 1 unspecified atom stereocenters. The van der Waals surface area contributed by atoms with E-state index in [-0.39, 0.29) is 71.8 Å². The molecule has 0 aromatic heterocycles.